The van der Waals surface area contributed by atoms with Gasteiger partial charge in [-0.2, -0.15) is 4.31 Å². The molecule has 0 saturated carbocycles. The van der Waals surface area contributed by atoms with Crippen LogP contribution in [0.15, 0.2) is 52.6 Å². The third-order valence-electron chi connectivity index (χ3n) is 4.72. The maximum Gasteiger partial charge on any atom is 0.244 e. The molecule has 0 spiro atoms. The molecular formula is C20H24FN5O3S2. The zero-order valence-corrected chi connectivity index (χ0v) is 19.1. The first-order valence-electron chi connectivity index (χ1n) is 9.80. The highest BCUT2D eigenvalue weighted by Crippen LogP contribution is 2.24. The molecule has 166 valence electrons. The van der Waals surface area contributed by atoms with Crippen LogP contribution in [-0.2, 0) is 21.4 Å². The average Bonchev–Trinajstić information content (AvgIpc) is 3.15. The highest BCUT2D eigenvalue weighted by Gasteiger charge is 2.24. The average molecular weight is 466 g/mol. The molecule has 0 saturated heterocycles. The molecule has 2 heterocycles. The first kappa shape index (κ1) is 23.2. The first-order chi connectivity index (χ1) is 14.8. The summed E-state index contributed by atoms with van der Waals surface area (Å²) in [6.45, 7) is 6.30. The van der Waals surface area contributed by atoms with E-state index in [1.54, 1.807) is 43.4 Å². The Morgan fingerprint density at radius 1 is 1.16 bits per heavy atom. The number of rotatable bonds is 9. The van der Waals surface area contributed by atoms with Crippen molar-refractivity contribution < 1.29 is 17.6 Å². The van der Waals surface area contributed by atoms with E-state index in [-0.39, 0.29) is 23.2 Å². The number of thioether (sulfide) groups is 1. The number of halogens is 1. The maximum absolute atomic E-state index is 13.0. The van der Waals surface area contributed by atoms with Crippen LogP contribution in [-0.4, -0.2) is 51.6 Å². The van der Waals surface area contributed by atoms with Crippen LogP contribution in [0.5, 0.6) is 0 Å². The number of pyridine rings is 1. The van der Waals surface area contributed by atoms with Crippen molar-refractivity contribution in [3.8, 4) is 0 Å². The molecule has 0 aliphatic rings. The third-order valence-corrected chi connectivity index (χ3v) is 7.81. The van der Waals surface area contributed by atoms with E-state index in [9.17, 15) is 17.6 Å². The number of hydrogen-bond donors (Lipinski definition) is 1. The SMILES string of the molecule is CCN(CC)S(=O)(=O)c1ccc2nnc(SC(C)C(=O)NCc3ccc(F)cc3)n2c1. The molecule has 0 aliphatic heterocycles. The van der Waals surface area contributed by atoms with Crippen LogP contribution in [0.1, 0.15) is 26.3 Å². The van der Waals surface area contributed by atoms with Gasteiger partial charge in [-0.1, -0.05) is 37.7 Å². The van der Waals surface area contributed by atoms with Gasteiger partial charge in [0.05, 0.1) is 10.1 Å². The van der Waals surface area contributed by atoms with Gasteiger partial charge in [0, 0.05) is 25.8 Å². The van der Waals surface area contributed by atoms with Crippen LogP contribution < -0.4 is 5.32 Å². The molecule has 1 atom stereocenters. The van der Waals surface area contributed by atoms with Crippen LogP contribution in [0.25, 0.3) is 5.65 Å². The summed E-state index contributed by atoms with van der Waals surface area (Å²) in [6.07, 6.45) is 1.48. The second kappa shape index (κ2) is 9.75. The lowest BCUT2D eigenvalue weighted by molar-refractivity contribution is -0.120. The molecule has 3 aromatic rings. The molecular weight excluding hydrogens is 441 g/mol. The summed E-state index contributed by atoms with van der Waals surface area (Å²) in [4.78, 5) is 12.6. The van der Waals surface area contributed by atoms with E-state index in [1.165, 1.54) is 40.5 Å². The molecule has 8 nitrogen and oxygen atoms in total. The van der Waals surface area contributed by atoms with E-state index in [0.29, 0.717) is 23.9 Å². The quantitative estimate of drug-likeness (QED) is 0.488. The summed E-state index contributed by atoms with van der Waals surface area (Å²) >= 11 is 1.17. The van der Waals surface area contributed by atoms with Gasteiger partial charge in [-0.15, -0.1) is 10.2 Å². The van der Waals surface area contributed by atoms with Crippen molar-refractivity contribution in [3.05, 3.63) is 54.0 Å². The van der Waals surface area contributed by atoms with Crippen LogP contribution >= 0.6 is 11.8 Å². The number of sulfonamides is 1. The van der Waals surface area contributed by atoms with E-state index in [2.05, 4.69) is 15.5 Å². The lowest BCUT2D eigenvalue weighted by Gasteiger charge is -2.18. The molecule has 0 radical (unpaired) electrons. The zero-order chi connectivity index (χ0) is 22.6. The largest absolute Gasteiger partial charge is 0.351 e. The number of nitrogens with one attached hydrogen (secondary N) is 1. The van der Waals surface area contributed by atoms with Crippen LogP contribution in [0.2, 0.25) is 0 Å². The maximum atomic E-state index is 13.0. The number of nitrogens with zero attached hydrogens (tertiary/aromatic N) is 4. The Labute approximate surface area is 184 Å². The van der Waals surface area contributed by atoms with Gasteiger partial charge in [0.25, 0.3) is 0 Å². The minimum absolute atomic E-state index is 0.138. The Bertz CT molecular complexity index is 1160. The van der Waals surface area contributed by atoms with E-state index < -0.39 is 15.3 Å². The van der Waals surface area contributed by atoms with Crippen molar-refractivity contribution in [3.63, 3.8) is 0 Å². The normalized spacial score (nSPS) is 12.9. The molecule has 3 rings (SSSR count). The van der Waals surface area contributed by atoms with Crippen molar-refractivity contribution >= 4 is 33.3 Å². The second-order valence-electron chi connectivity index (χ2n) is 6.77. The third kappa shape index (κ3) is 5.23. The fraction of sp³-hybridized carbons (Fsp3) is 0.350. The molecule has 1 unspecified atom stereocenters. The Morgan fingerprint density at radius 2 is 1.84 bits per heavy atom. The van der Waals surface area contributed by atoms with E-state index >= 15 is 0 Å². The summed E-state index contributed by atoms with van der Waals surface area (Å²) in [6, 6.07) is 8.99. The minimum atomic E-state index is -3.63. The predicted molar refractivity (Wildman–Crippen MR) is 117 cm³/mol. The predicted octanol–water partition coefficient (Wildman–Crippen LogP) is 2.70. The molecule has 31 heavy (non-hydrogen) atoms. The van der Waals surface area contributed by atoms with Crippen LogP contribution in [0, 0.1) is 5.82 Å². The van der Waals surface area contributed by atoms with Crippen molar-refractivity contribution in [2.45, 2.75) is 42.6 Å². The highest BCUT2D eigenvalue weighted by atomic mass is 32.2. The van der Waals surface area contributed by atoms with Crippen molar-refractivity contribution in [2.24, 2.45) is 0 Å². The van der Waals surface area contributed by atoms with Crippen molar-refractivity contribution in [1.82, 2.24) is 24.2 Å². The smallest absolute Gasteiger partial charge is 0.244 e. The number of amides is 1. The lowest BCUT2D eigenvalue weighted by atomic mass is 10.2. The Kier molecular flexibility index (Phi) is 7.29. The summed E-state index contributed by atoms with van der Waals surface area (Å²) in [5.74, 6) is -0.557. The fourth-order valence-corrected chi connectivity index (χ4v) is 5.25. The van der Waals surface area contributed by atoms with Crippen LogP contribution in [0.3, 0.4) is 0 Å². The Balaban J connectivity index is 1.75. The summed E-state index contributed by atoms with van der Waals surface area (Å²) < 4.78 is 41.6. The number of carbonyl (C=O) groups excluding carboxylic acids is 1. The number of hydrogen-bond acceptors (Lipinski definition) is 6. The van der Waals surface area contributed by atoms with Gasteiger partial charge >= 0.3 is 0 Å². The Hall–Kier alpha value is -2.50. The van der Waals surface area contributed by atoms with Crippen LogP contribution in [0.4, 0.5) is 4.39 Å². The molecule has 11 heteroatoms. The lowest BCUT2D eigenvalue weighted by Crippen LogP contribution is -2.31. The van der Waals surface area contributed by atoms with Crippen molar-refractivity contribution in [2.75, 3.05) is 13.1 Å². The molecule has 1 N–H and O–H groups in total. The topological polar surface area (TPSA) is 96.7 Å². The van der Waals surface area contributed by atoms with Gasteiger partial charge in [-0.3, -0.25) is 9.20 Å². The van der Waals surface area contributed by atoms with Gasteiger partial charge in [0.2, 0.25) is 15.9 Å². The van der Waals surface area contributed by atoms with Gasteiger partial charge in [0.1, 0.15) is 5.82 Å². The molecule has 1 aromatic carbocycles. The van der Waals surface area contributed by atoms with E-state index in [4.69, 9.17) is 0 Å². The molecule has 2 aromatic heterocycles. The first-order valence-corrected chi connectivity index (χ1v) is 12.1. The fourth-order valence-electron chi connectivity index (χ4n) is 2.94. The molecule has 1 amide bonds. The minimum Gasteiger partial charge on any atom is -0.351 e. The standard InChI is InChI=1S/C20H24FN5O3S2/c1-4-25(5-2)31(28,29)17-10-11-18-23-24-20(26(18)13-17)30-14(3)19(27)22-12-15-6-8-16(21)9-7-15/h6-11,13-14H,4-5,12H2,1-3H3,(H,22,27). The summed E-state index contributed by atoms with van der Waals surface area (Å²) in [5.41, 5.74) is 1.27. The summed E-state index contributed by atoms with van der Waals surface area (Å²) in [5, 5.41) is 10.9. The highest BCUT2D eigenvalue weighted by molar-refractivity contribution is 8.00. The van der Waals surface area contributed by atoms with E-state index in [0.717, 1.165) is 5.56 Å². The van der Waals surface area contributed by atoms with Gasteiger partial charge in [-0.05, 0) is 36.8 Å². The molecule has 0 fully saturated rings. The Morgan fingerprint density at radius 3 is 2.48 bits per heavy atom. The van der Waals surface area contributed by atoms with Gasteiger partial charge < -0.3 is 5.32 Å². The zero-order valence-electron chi connectivity index (χ0n) is 17.4. The van der Waals surface area contributed by atoms with Gasteiger partial charge in [-0.25, -0.2) is 12.8 Å². The number of benzene rings is 1. The second-order valence-corrected chi connectivity index (χ2v) is 10.0. The molecule has 0 bridgehead atoms. The monoisotopic (exact) mass is 465 g/mol. The van der Waals surface area contributed by atoms with E-state index in [1.807, 2.05) is 0 Å². The van der Waals surface area contributed by atoms with Crippen molar-refractivity contribution in [1.29, 1.82) is 0 Å². The number of carbonyl (C=O) groups is 1. The van der Waals surface area contributed by atoms with Gasteiger partial charge in [0.15, 0.2) is 10.8 Å². The summed E-state index contributed by atoms with van der Waals surface area (Å²) in [7, 11) is -3.63. The molecule has 0 aliphatic carbocycles. The number of aromatic nitrogens is 3. The number of fused-ring (bicyclic) bond motifs is 1.